The van der Waals surface area contributed by atoms with Crippen LogP contribution in [0.1, 0.15) is 21.7 Å². The molecule has 1 aromatic rings. The summed E-state index contributed by atoms with van der Waals surface area (Å²) in [7, 11) is 0.871. The number of benzene rings is 1. The molecule has 0 amide bonds. The Morgan fingerprint density at radius 3 is 2.23 bits per heavy atom. The monoisotopic (exact) mass is 252 g/mol. The first kappa shape index (κ1) is 11.4. The molecule has 0 saturated heterocycles. The highest BCUT2D eigenvalue weighted by molar-refractivity contribution is 6.46. The maximum atomic E-state index is 6.07. The van der Waals surface area contributed by atoms with Crippen LogP contribution in [0.5, 0.6) is 0 Å². The predicted molar refractivity (Wildman–Crippen MR) is 64.5 cm³/mol. The van der Waals surface area contributed by atoms with Gasteiger partial charge in [-0.1, -0.05) is 29.3 Å². The summed E-state index contributed by atoms with van der Waals surface area (Å²) in [6.07, 6.45) is 0. The van der Waals surface area contributed by atoms with Gasteiger partial charge in [-0.25, -0.2) is 0 Å². The van der Waals surface area contributed by atoms with Gasteiger partial charge in [0.25, 0.3) is 0 Å². The highest BCUT2D eigenvalue weighted by Crippen LogP contribution is 2.35. The predicted octanol–water partition coefficient (Wildman–Crippen LogP) is 3.21. The quantitative estimate of drug-likeness (QED) is 0.533. The smallest absolute Gasteiger partial charge is 0.0638 e. The second-order valence-electron chi connectivity index (χ2n) is 3.15. The standard InChI is InChI=1S/C9H11Cl3Si/c1-4-3-6(9(12)13)8(11)7(10)5(4)2/h3,9H,1-2,13H3. The second-order valence-corrected chi connectivity index (χ2v) is 6.45. The van der Waals surface area contributed by atoms with Gasteiger partial charge in [0, 0.05) is 15.2 Å². The van der Waals surface area contributed by atoms with Crippen molar-refractivity contribution in [3.8, 4) is 0 Å². The van der Waals surface area contributed by atoms with Crippen LogP contribution in [0.15, 0.2) is 6.07 Å². The molecule has 0 aromatic heterocycles. The Bertz CT molecular complexity index is 334. The molecule has 1 unspecified atom stereocenters. The molecule has 0 aliphatic carbocycles. The summed E-state index contributed by atoms with van der Waals surface area (Å²) in [6, 6.07) is 2.02. The molecule has 0 saturated carbocycles. The Labute approximate surface area is 96.6 Å². The third kappa shape index (κ3) is 2.21. The molecule has 0 aliphatic rings. The van der Waals surface area contributed by atoms with Crippen LogP contribution in [0.3, 0.4) is 0 Å². The molecule has 0 aliphatic heterocycles. The third-order valence-electron chi connectivity index (χ3n) is 2.17. The molecule has 1 rings (SSSR count). The van der Waals surface area contributed by atoms with E-state index in [1.165, 1.54) is 0 Å². The summed E-state index contributed by atoms with van der Waals surface area (Å²) < 4.78 is 0. The lowest BCUT2D eigenvalue weighted by Gasteiger charge is -2.12. The fraction of sp³-hybridized carbons (Fsp3) is 0.333. The minimum Gasteiger partial charge on any atom is -0.123 e. The van der Waals surface area contributed by atoms with Crippen LogP contribution in [-0.4, -0.2) is 10.2 Å². The summed E-state index contributed by atoms with van der Waals surface area (Å²) in [5, 5.41) is 1.28. The zero-order valence-corrected chi connectivity index (χ0v) is 12.1. The molecule has 4 heteroatoms. The minimum atomic E-state index is 0.0318. The minimum absolute atomic E-state index is 0.0318. The van der Waals surface area contributed by atoms with E-state index in [9.17, 15) is 0 Å². The van der Waals surface area contributed by atoms with E-state index in [0.29, 0.717) is 10.0 Å². The SMILES string of the molecule is Cc1cc(C([SiH3])Cl)c(Cl)c(Cl)c1C. The molecule has 0 spiro atoms. The van der Waals surface area contributed by atoms with Crippen LogP contribution in [0.4, 0.5) is 0 Å². The number of rotatable bonds is 1. The maximum absolute atomic E-state index is 6.07. The molecule has 0 fully saturated rings. The van der Waals surface area contributed by atoms with E-state index in [4.69, 9.17) is 34.8 Å². The first-order valence-electron chi connectivity index (χ1n) is 4.04. The molecule has 0 nitrogen and oxygen atoms in total. The number of aryl methyl sites for hydroxylation is 1. The van der Waals surface area contributed by atoms with E-state index >= 15 is 0 Å². The van der Waals surface area contributed by atoms with Gasteiger partial charge in [-0.2, -0.15) is 0 Å². The van der Waals surface area contributed by atoms with E-state index < -0.39 is 0 Å². The van der Waals surface area contributed by atoms with Gasteiger partial charge in [-0.05, 0) is 30.5 Å². The Morgan fingerprint density at radius 1 is 1.23 bits per heavy atom. The van der Waals surface area contributed by atoms with Crippen molar-refractivity contribution in [2.24, 2.45) is 0 Å². The maximum Gasteiger partial charge on any atom is 0.0638 e. The van der Waals surface area contributed by atoms with E-state index in [-0.39, 0.29) is 5.00 Å². The van der Waals surface area contributed by atoms with Gasteiger partial charge in [0.1, 0.15) is 0 Å². The lowest BCUT2D eigenvalue weighted by Crippen LogP contribution is -1.95. The zero-order chi connectivity index (χ0) is 10.2. The summed E-state index contributed by atoms with van der Waals surface area (Å²) in [5.41, 5.74) is 3.14. The summed E-state index contributed by atoms with van der Waals surface area (Å²) in [4.78, 5) is 0. The Hall–Kier alpha value is 0.307. The number of alkyl halides is 1. The van der Waals surface area contributed by atoms with Crippen molar-refractivity contribution in [3.63, 3.8) is 0 Å². The summed E-state index contributed by atoms with van der Waals surface area (Å²) in [6.45, 7) is 3.98. The van der Waals surface area contributed by atoms with Crippen molar-refractivity contribution in [1.82, 2.24) is 0 Å². The van der Waals surface area contributed by atoms with E-state index in [1.54, 1.807) is 0 Å². The lowest BCUT2D eigenvalue weighted by atomic mass is 10.1. The Balaban J connectivity index is 3.41. The molecule has 1 atom stereocenters. The van der Waals surface area contributed by atoms with Crippen molar-refractivity contribution in [2.75, 3.05) is 0 Å². The first-order valence-corrected chi connectivity index (χ1v) is 6.39. The fourth-order valence-corrected chi connectivity index (χ4v) is 2.64. The van der Waals surface area contributed by atoms with Gasteiger partial charge in [0.15, 0.2) is 0 Å². The first-order chi connectivity index (χ1) is 5.95. The van der Waals surface area contributed by atoms with E-state index in [2.05, 4.69) is 0 Å². The molecule has 0 N–H and O–H groups in total. The van der Waals surface area contributed by atoms with Crippen molar-refractivity contribution in [2.45, 2.75) is 18.8 Å². The average Bonchev–Trinajstić information content (AvgIpc) is 2.07. The molecule has 1 aromatic carbocycles. The average molecular weight is 254 g/mol. The molecule has 0 radical (unpaired) electrons. The molecule has 72 valence electrons. The Kier molecular flexibility index (Phi) is 3.70. The fourth-order valence-electron chi connectivity index (χ4n) is 1.16. The Morgan fingerprint density at radius 2 is 1.77 bits per heavy atom. The van der Waals surface area contributed by atoms with Gasteiger partial charge >= 0.3 is 0 Å². The molecule has 0 bridgehead atoms. The molecular formula is C9H11Cl3Si. The zero-order valence-electron chi connectivity index (χ0n) is 7.79. The highest BCUT2D eigenvalue weighted by Gasteiger charge is 2.13. The van der Waals surface area contributed by atoms with Crippen LogP contribution >= 0.6 is 34.8 Å². The van der Waals surface area contributed by atoms with Crippen LogP contribution in [0.25, 0.3) is 0 Å². The number of halogens is 3. The second kappa shape index (κ2) is 4.22. The number of hydrogen-bond acceptors (Lipinski definition) is 0. The topological polar surface area (TPSA) is 0 Å². The van der Waals surface area contributed by atoms with Crippen LogP contribution in [0.2, 0.25) is 10.0 Å². The van der Waals surface area contributed by atoms with Crippen molar-refractivity contribution in [3.05, 3.63) is 32.8 Å². The van der Waals surface area contributed by atoms with E-state index in [0.717, 1.165) is 26.9 Å². The van der Waals surface area contributed by atoms with Crippen molar-refractivity contribution < 1.29 is 0 Å². The highest BCUT2D eigenvalue weighted by atomic mass is 35.5. The van der Waals surface area contributed by atoms with Gasteiger partial charge in [-0.15, -0.1) is 11.6 Å². The van der Waals surface area contributed by atoms with Gasteiger partial charge in [0.05, 0.1) is 10.0 Å². The summed E-state index contributed by atoms with van der Waals surface area (Å²) in [5.74, 6) is 0. The molecular weight excluding hydrogens is 243 g/mol. The molecule has 0 heterocycles. The van der Waals surface area contributed by atoms with Gasteiger partial charge < -0.3 is 0 Å². The summed E-state index contributed by atoms with van der Waals surface area (Å²) >= 11 is 18.2. The van der Waals surface area contributed by atoms with Crippen LogP contribution < -0.4 is 0 Å². The largest absolute Gasteiger partial charge is 0.123 e. The van der Waals surface area contributed by atoms with Crippen molar-refractivity contribution >= 4 is 45.0 Å². The van der Waals surface area contributed by atoms with E-state index in [1.807, 2.05) is 19.9 Å². The normalized spacial score (nSPS) is 13.3. The van der Waals surface area contributed by atoms with Crippen LogP contribution in [0, 0.1) is 13.8 Å². The molecule has 13 heavy (non-hydrogen) atoms. The van der Waals surface area contributed by atoms with Crippen molar-refractivity contribution in [1.29, 1.82) is 0 Å². The van der Waals surface area contributed by atoms with Gasteiger partial charge in [-0.3, -0.25) is 0 Å². The lowest BCUT2D eigenvalue weighted by molar-refractivity contribution is 1.26. The van der Waals surface area contributed by atoms with Gasteiger partial charge in [0.2, 0.25) is 0 Å². The third-order valence-corrected chi connectivity index (χ3v) is 4.00. The number of hydrogen-bond donors (Lipinski definition) is 0. The van der Waals surface area contributed by atoms with Crippen LogP contribution in [-0.2, 0) is 0 Å².